The van der Waals surface area contributed by atoms with Crippen LogP contribution >= 0.6 is 0 Å². The summed E-state index contributed by atoms with van der Waals surface area (Å²) in [6, 6.07) is 16.0. The van der Waals surface area contributed by atoms with Gasteiger partial charge in [-0.05, 0) is 59.9 Å². The fourth-order valence-electron chi connectivity index (χ4n) is 4.75. The average Bonchev–Trinajstić information content (AvgIpc) is 3.53. The van der Waals surface area contributed by atoms with Crippen molar-refractivity contribution in [2.24, 2.45) is 0 Å². The number of rotatable bonds is 5. The van der Waals surface area contributed by atoms with Crippen LogP contribution in [0, 0.1) is 0 Å². The molecule has 0 unspecified atom stereocenters. The van der Waals surface area contributed by atoms with Crippen LogP contribution < -0.4 is 4.74 Å². The summed E-state index contributed by atoms with van der Waals surface area (Å²) < 4.78 is 11.2. The SMILES string of the molecule is CC(C)c1ccc([C@H]2/C(=C(\O)c3ccc4c(c3)C[C@@H](C)O4)C(=O)C(=O)N2Cc2ccco2)cc1. The number of aliphatic hydroxyl groups is 1. The van der Waals surface area contributed by atoms with Gasteiger partial charge in [0.1, 0.15) is 23.4 Å². The van der Waals surface area contributed by atoms with E-state index >= 15 is 0 Å². The second kappa shape index (κ2) is 8.52. The Hall–Kier alpha value is -3.80. The first kappa shape index (κ1) is 22.0. The van der Waals surface area contributed by atoms with E-state index in [1.807, 2.05) is 37.3 Å². The maximum atomic E-state index is 13.2. The summed E-state index contributed by atoms with van der Waals surface area (Å²) in [6.45, 7) is 6.33. The van der Waals surface area contributed by atoms with Crippen LogP contribution in [0.4, 0.5) is 0 Å². The molecule has 174 valence electrons. The molecular weight excluding hydrogens is 430 g/mol. The first-order valence-electron chi connectivity index (χ1n) is 11.5. The lowest BCUT2D eigenvalue weighted by Crippen LogP contribution is -2.29. The van der Waals surface area contributed by atoms with Gasteiger partial charge in [0.05, 0.1) is 24.4 Å². The van der Waals surface area contributed by atoms with Gasteiger partial charge in [-0.15, -0.1) is 0 Å². The van der Waals surface area contributed by atoms with Crippen molar-refractivity contribution >= 4 is 17.4 Å². The van der Waals surface area contributed by atoms with Crippen molar-refractivity contribution in [1.29, 1.82) is 0 Å². The lowest BCUT2D eigenvalue weighted by molar-refractivity contribution is -0.140. The van der Waals surface area contributed by atoms with E-state index in [-0.39, 0.29) is 24.0 Å². The van der Waals surface area contributed by atoms with Crippen LogP contribution in [0.1, 0.15) is 60.7 Å². The van der Waals surface area contributed by atoms with Gasteiger partial charge >= 0.3 is 0 Å². The molecule has 0 aliphatic carbocycles. The first-order valence-corrected chi connectivity index (χ1v) is 11.5. The highest BCUT2D eigenvalue weighted by molar-refractivity contribution is 6.46. The number of fused-ring (bicyclic) bond motifs is 1. The molecule has 2 atom stereocenters. The standard InChI is InChI=1S/C28H27NO5/c1-16(2)18-6-8-19(9-7-18)25-24(27(31)28(32)29(25)15-22-5-4-12-33-22)26(30)20-10-11-23-21(14-20)13-17(3)34-23/h4-12,14,16-17,25,30H,13,15H2,1-3H3/b26-24+/t17-,25+/m1/s1. The highest BCUT2D eigenvalue weighted by Crippen LogP contribution is 2.41. The van der Waals surface area contributed by atoms with E-state index in [4.69, 9.17) is 9.15 Å². The summed E-state index contributed by atoms with van der Waals surface area (Å²) in [7, 11) is 0. The number of aliphatic hydroxyl groups excluding tert-OH is 1. The van der Waals surface area contributed by atoms with Gasteiger partial charge in [0.15, 0.2) is 0 Å². The van der Waals surface area contributed by atoms with Crippen LogP contribution in [0.3, 0.4) is 0 Å². The maximum Gasteiger partial charge on any atom is 0.296 e. The van der Waals surface area contributed by atoms with Crippen LogP contribution in [-0.2, 0) is 22.6 Å². The Morgan fingerprint density at radius 1 is 1.12 bits per heavy atom. The summed E-state index contributed by atoms with van der Waals surface area (Å²) in [4.78, 5) is 27.8. The molecule has 3 heterocycles. The number of likely N-dealkylation sites (tertiary alicyclic amines) is 1. The van der Waals surface area contributed by atoms with E-state index in [1.54, 1.807) is 24.3 Å². The highest BCUT2D eigenvalue weighted by Gasteiger charge is 2.46. The minimum absolute atomic E-state index is 0.0609. The van der Waals surface area contributed by atoms with Crippen molar-refractivity contribution in [2.75, 3.05) is 0 Å². The number of hydrogen-bond acceptors (Lipinski definition) is 5. The molecule has 0 radical (unpaired) electrons. The summed E-state index contributed by atoms with van der Waals surface area (Å²) >= 11 is 0. The zero-order chi connectivity index (χ0) is 24.0. The Morgan fingerprint density at radius 3 is 2.56 bits per heavy atom. The largest absolute Gasteiger partial charge is 0.507 e. The number of furan rings is 1. The monoisotopic (exact) mass is 457 g/mol. The molecule has 0 bridgehead atoms. The van der Waals surface area contributed by atoms with Crippen molar-refractivity contribution in [3.8, 4) is 5.75 Å². The van der Waals surface area contributed by atoms with Crippen LogP contribution in [0.2, 0.25) is 0 Å². The minimum Gasteiger partial charge on any atom is -0.507 e. The predicted molar refractivity (Wildman–Crippen MR) is 127 cm³/mol. The van der Waals surface area contributed by atoms with E-state index in [2.05, 4.69) is 13.8 Å². The number of hydrogen-bond donors (Lipinski definition) is 1. The van der Waals surface area contributed by atoms with E-state index < -0.39 is 17.7 Å². The molecule has 0 saturated carbocycles. The van der Waals surface area contributed by atoms with Crippen molar-refractivity contribution < 1.29 is 23.8 Å². The molecule has 2 aliphatic rings. The molecule has 1 N–H and O–H groups in total. The number of ether oxygens (including phenoxy) is 1. The molecule has 34 heavy (non-hydrogen) atoms. The fraction of sp³-hybridized carbons (Fsp3) is 0.286. The van der Waals surface area contributed by atoms with Gasteiger partial charge < -0.3 is 19.2 Å². The molecule has 1 fully saturated rings. The van der Waals surface area contributed by atoms with Crippen LogP contribution in [-0.4, -0.2) is 27.8 Å². The summed E-state index contributed by atoms with van der Waals surface area (Å²) in [6.07, 6.45) is 2.32. The maximum absolute atomic E-state index is 13.2. The second-order valence-corrected chi connectivity index (χ2v) is 9.28. The normalized spacial score (nSPS) is 21.2. The van der Waals surface area contributed by atoms with Crippen LogP contribution in [0.15, 0.2) is 70.9 Å². The van der Waals surface area contributed by atoms with Crippen LogP contribution in [0.25, 0.3) is 5.76 Å². The lowest BCUT2D eigenvalue weighted by Gasteiger charge is -2.25. The van der Waals surface area contributed by atoms with E-state index in [0.29, 0.717) is 17.2 Å². The van der Waals surface area contributed by atoms with Crippen molar-refractivity contribution in [1.82, 2.24) is 4.90 Å². The number of ketones is 1. The van der Waals surface area contributed by atoms with Gasteiger partial charge in [-0.3, -0.25) is 9.59 Å². The minimum atomic E-state index is -0.727. The smallest absolute Gasteiger partial charge is 0.296 e. The van der Waals surface area contributed by atoms with Gasteiger partial charge in [-0.2, -0.15) is 0 Å². The third kappa shape index (κ3) is 3.79. The van der Waals surface area contributed by atoms with Crippen molar-refractivity contribution in [2.45, 2.75) is 51.8 Å². The zero-order valence-corrected chi connectivity index (χ0v) is 19.4. The number of Topliss-reactive ketones (excluding diaryl/α,β-unsaturated/α-hetero) is 1. The molecule has 1 aromatic heterocycles. The van der Waals surface area contributed by atoms with Gasteiger partial charge in [0.25, 0.3) is 11.7 Å². The number of carbonyl (C=O) groups is 2. The molecule has 3 aromatic rings. The number of carbonyl (C=O) groups excluding carboxylic acids is 2. The summed E-state index contributed by atoms with van der Waals surface area (Å²) in [5, 5.41) is 11.3. The van der Waals surface area contributed by atoms with Crippen molar-refractivity contribution in [3.63, 3.8) is 0 Å². The Labute approximate surface area is 198 Å². The summed E-state index contributed by atoms with van der Waals surface area (Å²) in [5.74, 6) is 0.152. The number of amides is 1. The summed E-state index contributed by atoms with van der Waals surface area (Å²) in [5.41, 5.74) is 3.46. The van der Waals surface area contributed by atoms with Gasteiger partial charge in [0, 0.05) is 12.0 Å². The molecule has 5 rings (SSSR count). The number of nitrogens with zero attached hydrogens (tertiary/aromatic N) is 1. The molecular formula is C28H27NO5. The van der Waals surface area contributed by atoms with Crippen molar-refractivity contribution in [3.05, 3.63) is 94.4 Å². The number of benzene rings is 2. The molecule has 1 saturated heterocycles. The van der Waals surface area contributed by atoms with E-state index in [0.717, 1.165) is 28.9 Å². The van der Waals surface area contributed by atoms with Gasteiger partial charge in [0.2, 0.25) is 0 Å². The Balaban J connectivity index is 1.62. The highest BCUT2D eigenvalue weighted by atomic mass is 16.5. The third-order valence-corrected chi connectivity index (χ3v) is 6.53. The second-order valence-electron chi connectivity index (χ2n) is 9.28. The molecule has 1 amide bonds. The first-order chi connectivity index (χ1) is 16.3. The Bertz CT molecular complexity index is 1270. The zero-order valence-electron chi connectivity index (χ0n) is 19.4. The molecule has 2 aromatic carbocycles. The molecule has 6 heteroatoms. The fourth-order valence-corrected chi connectivity index (χ4v) is 4.75. The van der Waals surface area contributed by atoms with E-state index in [9.17, 15) is 14.7 Å². The molecule has 2 aliphatic heterocycles. The van der Waals surface area contributed by atoms with Crippen LogP contribution in [0.5, 0.6) is 5.75 Å². The Morgan fingerprint density at radius 2 is 1.88 bits per heavy atom. The topological polar surface area (TPSA) is 80.0 Å². The predicted octanol–water partition coefficient (Wildman–Crippen LogP) is 5.35. The molecule has 0 spiro atoms. The quantitative estimate of drug-likeness (QED) is 0.317. The van der Waals surface area contributed by atoms with Gasteiger partial charge in [-0.25, -0.2) is 0 Å². The van der Waals surface area contributed by atoms with E-state index in [1.165, 1.54) is 11.2 Å². The van der Waals surface area contributed by atoms with Gasteiger partial charge in [-0.1, -0.05) is 38.1 Å². The average molecular weight is 458 g/mol. The lowest BCUT2D eigenvalue weighted by atomic mass is 9.92. The third-order valence-electron chi connectivity index (χ3n) is 6.53. The molecule has 6 nitrogen and oxygen atoms in total. The Kier molecular flexibility index (Phi) is 5.52.